The van der Waals surface area contributed by atoms with Crippen molar-refractivity contribution in [3.05, 3.63) is 70.9 Å². The lowest BCUT2D eigenvalue weighted by atomic mass is 9.93. The summed E-state index contributed by atoms with van der Waals surface area (Å²) >= 11 is 6.34. The topological polar surface area (TPSA) is 148 Å². The summed E-state index contributed by atoms with van der Waals surface area (Å²) in [6.07, 6.45) is 4.74. The van der Waals surface area contributed by atoms with E-state index in [9.17, 15) is 19.1 Å². The number of piperazine rings is 1. The SMILES string of the molecule is Cc1cc(Nc2nccn3c(-c4ccc(OCC#N)c(F)c4Cl)cnc23)ccc1C(=O)N1CCN(C(=O)[C@H]2CCNC[C@H]2O)CC1. The van der Waals surface area contributed by atoms with Crippen LogP contribution in [0.4, 0.5) is 15.9 Å². The number of nitriles is 1. The van der Waals surface area contributed by atoms with Crippen molar-refractivity contribution in [2.75, 3.05) is 51.2 Å². The minimum atomic E-state index is -0.769. The molecule has 46 heavy (non-hydrogen) atoms. The Kier molecular flexibility index (Phi) is 9.03. The molecule has 14 heteroatoms. The smallest absolute Gasteiger partial charge is 0.254 e. The number of ether oxygens (including phenoxy) is 1. The van der Waals surface area contributed by atoms with Gasteiger partial charge >= 0.3 is 0 Å². The molecule has 2 aromatic heterocycles. The highest BCUT2D eigenvalue weighted by molar-refractivity contribution is 6.33. The largest absolute Gasteiger partial charge is 0.476 e. The van der Waals surface area contributed by atoms with Crippen molar-refractivity contribution in [3.63, 3.8) is 0 Å². The summed E-state index contributed by atoms with van der Waals surface area (Å²) in [6, 6.07) is 10.2. The molecule has 2 amide bonds. The minimum absolute atomic E-state index is 0.0456. The van der Waals surface area contributed by atoms with Crippen LogP contribution in [0.1, 0.15) is 22.3 Å². The van der Waals surface area contributed by atoms with Crippen molar-refractivity contribution < 1.29 is 23.8 Å². The Hall–Kier alpha value is -4.77. The maximum absolute atomic E-state index is 14.8. The molecule has 2 aliphatic rings. The van der Waals surface area contributed by atoms with Crippen LogP contribution in [0, 0.1) is 30.0 Å². The van der Waals surface area contributed by atoms with Gasteiger partial charge in [-0.1, -0.05) is 11.6 Å². The van der Waals surface area contributed by atoms with Crippen molar-refractivity contribution in [1.29, 1.82) is 5.26 Å². The van der Waals surface area contributed by atoms with Crippen LogP contribution in [0.2, 0.25) is 5.02 Å². The van der Waals surface area contributed by atoms with E-state index in [1.165, 1.54) is 6.07 Å². The zero-order chi connectivity index (χ0) is 32.4. The van der Waals surface area contributed by atoms with Crippen molar-refractivity contribution >= 4 is 40.6 Å². The second-order valence-electron chi connectivity index (χ2n) is 11.2. The molecule has 2 fully saturated rings. The van der Waals surface area contributed by atoms with E-state index in [-0.39, 0.29) is 29.2 Å². The minimum Gasteiger partial charge on any atom is -0.476 e. The first kappa shape index (κ1) is 31.2. The molecule has 2 aliphatic heterocycles. The molecule has 0 unspecified atom stereocenters. The molecule has 0 bridgehead atoms. The number of carbonyl (C=O) groups is 2. The van der Waals surface area contributed by atoms with E-state index in [4.69, 9.17) is 21.6 Å². The van der Waals surface area contributed by atoms with Gasteiger partial charge in [-0.25, -0.2) is 14.4 Å². The van der Waals surface area contributed by atoms with E-state index in [1.54, 1.807) is 57.1 Å². The third-order valence-electron chi connectivity index (χ3n) is 8.41. The maximum atomic E-state index is 14.8. The number of rotatable bonds is 7. The summed E-state index contributed by atoms with van der Waals surface area (Å²) in [4.78, 5) is 38.8. The molecule has 3 N–H and O–H groups in total. The van der Waals surface area contributed by atoms with E-state index in [1.807, 2.05) is 13.0 Å². The number of halogens is 2. The number of imidazole rings is 1. The number of anilines is 2. The average Bonchev–Trinajstić information content (AvgIpc) is 3.50. The third kappa shape index (κ3) is 6.06. The standard InChI is InChI=1S/C32H32ClFN8O4/c1-19-16-20(2-3-21(19)31(44)40-11-13-41(14-12-40)32(45)23-6-8-36-18-25(23)43)39-29-30-38-17-24(42(30)10-9-37-29)22-4-5-26(46-15-7-35)28(34)27(22)33/h2-5,9-10,16-17,23,25,36,43H,6,8,11-15,18H2,1H3,(H,37,39)/t23-,25+/m0/s1. The highest BCUT2D eigenvalue weighted by Crippen LogP contribution is 2.36. The number of hydrogen-bond donors (Lipinski definition) is 3. The average molecular weight is 647 g/mol. The van der Waals surface area contributed by atoms with Crippen LogP contribution < -0.4 is 15.4 Å². The van der Waals surface area contributed by atoms with Crippen LogP contribution >= 0.6 is 11.6 Å². The lowest BCUT2D eigenvalue weighted by Gasteiger charge is -2.38. The highest BCUT2D eigenvalue weighted by Gasteiger charge is 2.34. The Labute approximate surface area is 269 Å². The molecule has 0 saturated carbocycles. The van der Waals surface area contributed by atoms with Crippen molar-refractivity contribution in [3.8, 4) is 23.1 Å². The Morgan fingerprint density at radius 1 is 1.20 bits per heavy atom. The fourth-order valence-corrected chi connectivity index (χ4v) is 6.19. The molecule has 0 spiro atoms. The summed E-state index contributed by atoms with van der Waals surface area (Å²) < 4.78 is 21.7. The van der Waals surface area contributed by atoms with Gasteiger partial charge in [-0.15, -0.1) is 0 Å². The quantitative estimate of drug-likeness (QED) is 0.275. The van der Waals surface area contributed by atoms with E-state index in [0.717, 1.165) is 5.56 Å². The number of carbonyl (C=O) groups excluding carboxylic acids is 2. The second kappa shape index (κ2) is 13.3. The van der Waals surface area contributed by atoms with E-state index >= 15 is 0 Å². The number of aromatic nitrogens is 3. The highest BCUT2D eigenvalue weighted by atomic mass is 35.5. The molecular formula is C32H32ClFN8O4. The summed E-state index contributed by atoms with van der Waals surface area (Å²) in [5, 5.41) is 25.2. The number of piperidine rings is 1. The van der Waals surface area contributed by atoms with Crippen LogP contribution in [0.5, 0.6) is 5.75 Å². The Morgan fingerprint density at radius 3 is 2.72 bits per heavy atom. The Bertz CT molecular complexity index is 1830. The monoisotopic (exact) mass is 646 g/mol. The van der Waals surface area contributed by atoms with Gasteiger partial charge in [0.15, 0.2) is 29.6 Å². The number of β-amino-alcohol motifs (C(OH)–C–C–N with tert-alkyl or cyclic N) is 1. The van der Waals surface area contributed by atoms with Crippen LogP contribution in [0.3, 0.4) is 0 Å². The lowest BCUT2D eigenvalue weighted by Crippen LogP contribution is -2.55. The Balaban J connectivity index is 1.14. The Morgan fingerprint density at radius 2 is 1.98 bits per heavy atom. The van der Waals surface area contributed by atoms with Crippen LogP contribution in [0.15, 0.2) is 48.9 Å². The summed E-state index contributed by atoms with van der Waals surface area (Å²) in [5.41, 5.74) is 3.41. The molecule has 0 aliphatic carbocycles. The number of aryl methyl sites for hydroxylation is 1. The van der Waals surface area contributed by atoms with Gasteiger partial charge in [0.2, 0.25) is 5.91 Å². The number of fused-ring (bicyclic) bond motifs is 1. The maximum Gasteiger partial charge on any atom is 0.254 e. The van der Waals surface area contributed by atoms with Crippen molar-refractivity contribution in [2.24, 2.45) is 5.92 Å². The number of benzene rings is 2. The molecule has 6 rings (SSSR count). The van der Waals surface area contributed by atoms with Gasteiger partial charge in [-0.2, -0.15) is 5.26 Å². The van der Waals surface area contributed by atoms with Gasteiger partial charge in [0.25, 0.3) is 5.91 Å². The zero-order valence-corrected chi connectivity index (χ0v) is 25.8. The van der Waals surface area contributed by atoms with Gasteiger partial charge in [-0.3, -0.25) is 14.0 Å². The van der Waals surface area contributed by atoms with Crippen LogP contribution in [-0.4, -0.2) is 93.1 Å². The summed E-state index contributed by atoms with van der Waals surface area (Å²) in [6.45, 7) is 4.38. The van der Waals surface area contributed by atoms with E-state index in [2.05, 4.69) is 20.6 Å². The molecule has 238 valence electrons. The molecule has 4 heterocycles. The van der Waals surface area contributed by atoms with Gasteiger partial charge in [0.05, 0.1) is 28.9 Å². The number of hydrogen-bond acceptors (Lipinski definition) is 9. The number of aliphatic hydroxyl groups excluding tert-OH is 1. The number of aliphatic hydroxyl groups is 1. The van der Waals surface area contributed by atoms with Gasteiger partial charge in [-0.05, 0) is 55.8 Å². The molecule has 4 aromatic rings. The van der Waals surface area contributed by atoms with Crippen molar-refractivity contribution in [2.45, 2.75) is 19.4 Å². The van der Waals surface area contributed by atoms with E-state index in [0.29, 0.717) is 79.7 Å². The second-order valence-corrected chi connectivity index (χ2v) is 11.6. The fraction of sp³-hybridized carbons (Fsp3) is 0.344. The molecular weight excluding hydrogens is 615 g/mol. The zero-order valence-electron chi connectivity index (χ0n) is 25.0. The molecule has 12 nitrogen and oxygen atoms in total. The first-order chi connectivity index (χ1) is 22.3. The number of amides is 2. The van der Waals surface area contributed by atoms with Crippen LogP contribution in [0.25, 0.3) is 16.9 Å². The predicted octanol–water partition coefficient (Wildman–Crippen LogP) is 3.40. The predicted molar refractivity (Wildman–Crippen MR) is 168 cm³/mol. The molecule has 2 atom stereocenters. The van der Waals surface area contributed by atoms with Crippen LogP contribution in [-0.2, 0) is 4.79 Å². The van der Waals surface area contributed by atoms with Gasteiger partial charge < -0.3 is 30.3 Å². The van der Waals surface area contributed by atoms with Gasteiger partial charge in [0.1, 0.15) is 6.07 Å². The fourth-order valence-electron chi connectivity index (χ4n) is 5.94. The number of nitrogens with one attached hydrogen (secondary N) is 2. The normalized spacial score (nSPS) is 18.3. The molecule has 0 radical (unpaired) electrons. The van der Waals surface area contributed by atoms with Crippen molar-refractivity contribution in [1.82, 2.24) is 29.5 Å². The lowest BCUT2D eigenvalue weighted by molar-refractivity contribution is -0.141. The van der Waals surface area contributed by atoms with E-state index < -0.39 is 17.8 Å². The van der Waals surface area contributed by atoms with Gasteiger partial charge in [0, 0.05) is 61.9 Å². The molecule has 2 saturated heterocycles. The number of nitrogens with zero attached hydrogens (tertiary/aromatic N) is 6. The third-order valence-corrected chi connectivity index (χ3v) is 8.78. The first-order valence-electron chi connectivity index (χ1n) is 14.9. The summed E-state index contributed by atoms with van der Waals surface area (Å²) in [5.74, 6) is -0.995. The summed E-state index contributed by atoms with van der Waals surface area (Å²) in [7, 11) is 0. The molecule has 2 aromatic carbocycles. The first-order valence-corrected chi connectivity index (χ1v) is 15.3.